The van der Waals surface area contributed by atoms with Crippen molar-refractivity contribution in [1.82, 2.24) is 24.7 Å². The van der Waals surface area contributed by atoms with Crippen LogP contribution >= 0.6 is 0 Å². The van der Waals surface area contributed by atoms with E-state index in [2.05, 4.69) is 25.0 Å². The summed E-state index contributed by atoms with van der Waals surface area (Å²) < 4.78 is 1.53. The van der Waals surface area contributed by atoms with Crippen LogP contribution in [0.4, 0.5) is 5.82 Å². The number of nitrogens with zero attached hydrogens (tertiary/aromatic N) is 5. The minimum atomic E-state index is -0.0659. The predicted octanol–water partition coefficient (Wildman–Crippen LogP) is 1.18. The van der Waals surface area contributed by atoms with E-state index < -0.39 is 0 Å². The molecule has 1 atom stereocenters. The SMILES string of the molecule is O=c1cccnn1CC1CCCN1c1ncnc2[nH]ccc12. The lowest BCUT2D eigenvalue weighted by atomic mass is 10.2. The highest BCUT2D eigenvalue weighted by Crippen LogP contribution is 2.29. The quantitative estimate of drug-likeness (QED) is 0.785. The van der Waals surface area contributed by atoms with Crippen LogP contribution in [0.2, 0.25) is 0 Å². The Bertz CT molecular complexity index is 854. The standard InChI is InChI=1S/C15H16N6O/c22-13-4-1-6-19-21(13)9-11-3-2-8-20(11)15-12-5-7-16-14(12)17-10-18-15/h1,4-7,10-11H,2-3,8-9H2,(H,16,17,18). The first kappa shape index (κ1) is 13.0. The van der Waals surface area contributed by atoms with Gasteiger partial charge in [0.15, 0.2) is 0 Å². The van der Waals surface area contributed by atoms with Crippen LogP contribution in [0.3, 0.4) is 0 Å². The monoisotopic (exact) mass is 296 g/mol. The van der Waals surface area contributed by atoms with Gasteiger partial charge in [-0.3, -0.25) is 4.79 Å². The highest BCUT2D eigenvalue weighted by atomic mass is 16.1. The second kappa shape index (κ2) is 5.25. The van der Waals surface area contributed by atoms with Crippen molar-refractivity contribution in [1.29, 1.82) is 0 Å². The van der Waals surface area contributed by atoms with Crippen LogP contribution in [0.5, 0.6) is 0 Å². The van der Waals surface area contributed by atoms with Gasteiger partial charge in [0.1, 0.15) is 17.8 Å². The molecule has 0 spiro atoms. The van der Waals surface area contributed by atoms with E-state index in [9.17, 15) is 4.79 Å². The average Bonchev–Trinajstić information content (AvgIpc) is 3.18. The summed E-state index contributed by atoms with van der Waals surface area (Å²) in [4.78, 5) is 25.9. The zero-order valence-corrected chi connectivity index (χ0v) is 12.0. The summed E-state index contributed by atoms with van der Waals surface area (Å²) in [5.41, 5.74) is 0.773. The fourth-order valence-electron chi connectivity index (χ4n) is 3.12. The summed E-state index contributed by atoms with van der Waals surface area (Å²) in [6.07, 6.45) is 7.21. The molecule has 3 aromatic heterocycles. The number of aromatic amines is 1. The van der Waals surface area contributed by atoms with E-state index in [-0.39, 0.29) is 11.6 Å². The van der Waals surface area contributed by atoms with Gasteiger partial charge in [0.2, 0.25) is 0 Å². The van der Waals surface area contributed by atoms with Crippen molar-refractivity contribution in [2.24, 2.45) is 0 Å². The molecule has 7 nitrogen and oxygen atoms in total. The van der Waals surface area contributed by atoms with Gasteiger partial charge in [-0.25, -0.2) is 14.6 Å². The lowest BCUT2D eigenvalue weighted by Gasteiger charge is -2.26. The Morgan fingerprint density at radius 3 is 3.18 bits per heavy atom. The zero-order valence-electron chi connectivity index (χ0n) is 12.0. The lowest BCUT2D eigenvalue weighted by Crippen LogP contribution is -2.37. The molecule has 4 heterocycles. The van der Waals surface area contributed by atoms with E-state index in [1.807, 2.05) is 12.3 Å². The van der Waals surface area contributed by atoms with Gasteiger partial charge in [0.05, 0.1) is 18.0 Å². The maximum absolute atomic E-state index is 11.9. The molecule has 22 heavy (non-hydrogen) atoms. The first-order valence-corrected chi connectivity index (χ1v) is 7.40. The van der Waals surface area contributed by atoms with E-state index in [4.69, 9.17) is 0 Å². The molecule has 0 radical (unpaired) electrons. The Hall–Kier alpha value is -2.70. The number of anilines is 1. The topological polar surface area (TPSA) is 79.7 Å². The Morgan fingerprint density at radius 2 is 2.27 bits per heavy atom. The highest BCUT2D eigenvalue weighted by Gasteiger charge is 2.28. The average molecular weight is 296 g/mol. The molecular weight excluding hydrogens is 280 g/mol. The third-order valence-electron chi connectivity index (χ3n) is 4.15. The number of aromatic nitrogens is 5. The van der Waals surface area contributed by atoms with Gasteiger partial charge in [0.25, 0.3) is 5.56 Å². The van der Waals surface area contributed by atoms with Crippen molar-refractivity contribution in [2.75, 3.05) is 11.4 Å². The predicted molar refractivity (Wildman–Crippen MR) is 82.8 cm³/mol. The Balaban J connectivity index is 1.68. The van der Waals surface area contributed by atoms with Gasteiger partial charge in [-0.1, -0.05) is 0 Å². The third kappa shape index (κ3) is 2.14. The van der Waals surface area contributed by atoms with Gasteiger partial charge in [-0.2, -0.15) is 5.10 Å². The smallest absolute Gasteiger partial charge is 0.266 e. The van der Waals surface area contributed by atoms with Crippen LogP contribution in [0.25, 0.3) is 11.0 Å². The van der Waals surface area contributed by atoms with E-state index in [0.717, 1.165) is 36.2 Å². The minimum absolute atomic E-state index is 0.0659. The van der Waals surface area contributed by atoms with E-state index in [1.165, 1.54) is 4.68 Å². The normalized spacial score (nSPS) is 18.2. The first-order chi connectivity index (χ1) is 10.8. The molecule has 0 saturated carbocycles. The van der Waals surface area contributed by atoms with E-state index in [1.54, 1.807) is 24.7 Å². The second-order valence-corrected chi connectivity index (χ2v) is 5.47. The van der Waals surface area contributed by atoms with Crippen LogP contribution < -0.4 is 10.5 Å². The van der Waals surface area contributed by atoms with Crippen LogP contribution in [-0.2, 0) is 6.54 Å². The van der Waals surface area contributed by atoms with Crippen LogP contribution in [0.1, 0.15) is 12.8 Å². The third-order valence-corrected chi connectivity index (χ3v) is 4.15. The van der Waals surface area contributed by atoms with Crippen molar-refractivity contribution < 1.29 is 0 Å². The van der Waals surface area contributed by atoms with Gasteiger partial charge < -0.3 is 9.88 Å². The van der Waals surface area contributed by atoms with Crippen molar-refractivity contribution in [3.05, 3.63) is 47.3 Å². The maximum atomic E-state index is 11.9. The van der Waals surface area contributed by atoms with Gasteiger partial charge in [-0.15, -0.1) is 0 Å². The van der Waals surface area contributed by atoms with Crippen molar-refractivity contribution >= 4 is 16.9 Å². The summed E-state index contributed by atoms with van der Waals surface area (Å²) in [7, 11) is 0. The van der Waals surface area contributed by atoms with E-state index in [0.29, 0.717) is 6.54 Å². The van der Waals surface area contributed by atoms with Crippen LogP contribution in [0, 0.1) is 0 Å². The second-order valence-electron chi connectivity index (χ2n) is 5.47. The Morgan fingerprint density at radius 1 is 1.32 bits per heavy atom. The Kier molecular flexibility index (Phi) is 3.10. The van der Waals surface area contributed by atoms with Crippen LogP contribution in [0.15, 0.2) is 41.7 Å². The fourth-order valence-corrected chi connectivity index (χ4v) is 3.12. The number of nitrogens with one attached hydrogen (secondary N) is 1. The molecule has 1 saturated heterocycles. The van der Waals surface area contributed by atoms with Crippen molar-refractivity contribution in [3.63, 3.8) is 0 Å². The molecule has 0 aliphatic carbocycles. The molecule has 1 unspecified atom stereocenters. The molecular formula is C15H16N6O. The molecule has 1 fully saturated rings. The molecule has 1 aliphatic rings. The number of rotatable bonds is 3. The van der Waals surface area contributed by atoms with Crippen molar-refractivity contribution in [2.45, 2.75) is 25.4 Å². The molecule has 4 rings (SSSR count). The molecule has 3 aromatic rings. The fraction of sp³-hybridized carbons (Fsp3) is 0.333. The maximum Gasteiger partial charge on any atom is 0.266 e. The summed E-state index contributed by atoms with van der Waals surface area (Å²) in [6.45, 7) is 1.51. The zero-order chi connectivity index (χ0) is 14.9. The van der Waals surface area contributed by atoms with Gasteiger partial charge in [0, 0.05) is 25.0 Å². The van der Waals surface area contributed by atoms with Crippen molar-refractivity contribution in [3.8, 4) is 0 Å². The highest BCUT2D eigenvalue weighted by molar-refractivity contribution is 5.87. The molecule has 7 heteroatoms. The molecule has 1 aliphatic heterocycles. The summed E-state index contributed by atoms with van der Waals surface area (Å²) in [5.74, 6) is 0.928. The summed E-state index contributed by atoms with van der Waals surface area (Å²) >= 11 is 0. The van der Waals surface area contributed by atoms with Gasteiger partial charge in [-0.05, 0) is 25.0 Å². The Labute approximate surface area is 126 Å². The van der Waals surface area contributed by atoms with E-state index >= 15 is 0 Å². The largest absolute Gasteiger partial charge is 0.351 e. The summed E-state index contributed by atoms with van der Waals surface area (Å²) in [5, 5.41) is 5.18. The summed E-state index contributed by atoms with van der Waals surface area (Å²) in [6, 6.07) is 5.42. The number of hydrogen-bond acceptors (Lipinski definition) is 5. The molecule has 112 valence electrons. The molecule has 0 bridgehead atoms. The molecule has 1 N–H and O–H groups in total. The van der Waals surface area contributed by atoms with Crippen LogP contribution in [-0.4, -0.2) is 37.3 Å². The minimum Gasteiger partial charge on any atom is -0.351 e. The number of H-pyrrole nitrogens is 1. The lowest BCUT2D eigenvalue weighted by molar-refractivity contribution is 0.487. The number of fused-ring (bicyclic) bond motifs is 1. The molecule has 0 amide bonds. The van der Waals surface area contributed by atoms with Gasteiger partial charge >= 0.3 is 0 Å². The number of hydrogen-bond donors (Lipinski definition) is 1. The molecule has 0 aromatic carbocycles. The first-order valence-electron chi connectivity index (χ1n) is 7.40.